The molecule has 0 fully saturated rings. The molecular weight excluding hydrogens is 170 g/mol. The fourth-order valence-corrected chi connectivity index (χ4v) is 0.929. The van der Waals surface area contributed by atoms with Crippen LogP contribution in [-0.2, 0) is 6.54 Å². The molecule has 0 aromatic carbocycles. The SMILES string of the molecule is CCNCc1cc([N+](=O)[O-])ccn1. The second-order valence-electron chi connectivity index (χ2n) is 2.54. The maximum absolute atomic E-state index is 10.4. The van der Waals surface area contributed by atoms with Crippen molar-refractivity contribution in [3.05, 3.63) is 34.1 Å². The molecule has 0 amide bonds. The fourth-order valence-electron chi connectivity index (χ4n) is 0.929. The second kappa shape index (κ2) is 4.51. The molecule has 0 aliphatic carbocycles. The molecule has 5 heteroatoms. The lowest BCUT2D eigenvalue weighted by Gasteiger charge is -1.99. The Morgan fingerprint density at radius 3 is 3.08 bits per heavy atom. The third-order valence-electron chi connectivity index (χ3n) is 1.57. The van der Waals surface area contributed by atoms with Crippen molar-refractivity contribution in [3.8, 4) is 0 Å². The minimum absolute atomic E-state index is 0.0860. The van der Waals surface area contributed by atoms with Crippen molar-refractivity contribution >= 4 is 5.69 Å². The Morgan fingerprint density at radius 2 is 2.46 bits per heavy atom. The normalized spacial score (nSPS) is 9.92. The number of nitrogens with one attached hydrogen (secondary N) is 1. The van der Waals surface area contributed by atoms with Crippen LogP contribution in [0.1, 0.15) is 12.6 Å². The summed E-state index contributed by atoms with van der Waals surface area (Å²) in [5.41, 5.74) is 0.777. The van der Waals surface area contributed by atoms with Crippen LogP contribution >= 0.6 is 0 Å². The maximum atomic E-state index is 10.4. The highest BCUT2D eigenvalue weighted by atomic mass is 16.6. The lowest BCUT2D eigenvalue weighted by molar-refractivity contribution is -0.385. The molecule has 0 spiro atoms. The maximum Gasteiger partial charge on any atom is 0.272 e. The van der Waals surface area contributed by atoms with Gasteiger partial charge in [-0.15, -0.1) is 0 Å². The summed E-state index contributed by atoms with van der Waals surface area (Å²) in [6.07, 6.45) is 1.45. The van der Waals surface area contributed by atoms with Crippen LogP contribution in [-0.4, -0.2) is 16.5 Å². The van der Waals surface area contributed by atoms with Gasteiger partial charge < -0.3 is 5.32 Å². The first kappa shape index (κ1) is 9.60. The number of rotatable bonds is 4. The van der Waals surface area contributed by atoms with E-state index in [2.05, 4.69) is 10.3 Å². The van der Waals surface area contributed by atoms with E-state index >= 15 is 0 Å². The predicted octanol–water partition coefficient (Wildman–Crippen LogP) is 1.10. The highest BCUT2D eigenvalue weighted by Gasteiger charge is 2.05. The number of nitro groups is 1. The zero-order valence-corrected chi connectivity index (χ0v) is 7.36. The highest BCUT2D eigenvalue weighted by molar-refractivity contribution is 5.29. The van der Waals surface area contributed by atoms with E-state index in [0.717, 1.165) is 6.54 Å². The molecule has 1 N–H and O–H groups in total. The molecule has 1 rings (SSSR count). The average molecular weight is 181 g/mol. The van der Waals surface area contributed by atoms with Crippen LogP contribution in [0.4, 0.5) is 5.69 Å². The Labute approximate surface area is 75.9 Å². The van der Waals surface area contributed by atoms with Crippen LogP contribution in [0.15, 0.2) is 18.3 Å². The lowest BCUT2D eigenvalue weighted by Crippen LogP contribution is -2.12. The highest BCUT2D eigenvalue weighted by Crippen LogP contribution is 2.09. The molecule has 0 saturated heterocycles. The van der Waals surface area contributed by atoms with Crippen molar-refractivity contribution in [2.75, 3.05) is 6.54 Å². The number of hydrogen-bond acceptors (Lipinski definition) is 4. The van der Waals surface area contributed by atoms with Crippen molar-refractivity contribution in [2.45, 2.75) is 13.5 Å². The third-order valence-corrected chi connectivity index (χ3v) is 1.57. The summed E-state index contributed by atoms with van der Waals surface area (Å²) < 4.78 is 0. The molecule has 1 heterocycles. The summed E-state index contributed by atoms with van der Waals surface area (Å²) in [4.78, 5) is 14.0. The Bertz CT molecular complexity index is 301. The molecule has 1 aromatic heterocycles. The molecule has 0 atom stereocenters. The number of aromatic nitrogens is 1. The van der Waals surface area contributed by atoms with Gasteiger partial charge in [-0.1, -0.05) is 6.92 Å². The Kier molecular flexibility index (Phi) is 3.33. The van der Waals surface area contributed by atoms with E-state index in [1.165, 1.54) is 18.3 Å². The largest absolute Gasteiger partial charge is 0.311 e. The van der Waals surface area contributed by atoms with Gasteiger partial charge in [0.2, 0.25) is 0 Å². The van der Waals surface area contributed by atoms with Gasteiger partial charge in [0.05, 0.1) is 10.6 Å². The summed E-state index contributed by atoms with van der Waals surface area (Å²) in [5.74, 6) is 0. The monoisotopic (exact) mass is 181 g/mol. The van der Waals surface area contributed by atoms with Crippen LogP contribution < -0.4 is 5.32 Å². The first-order chi connectivity index (χ1) is 6.24. The van der Waals surface area contributed by atoms with Crippen LogP contribution in [0, 0.1) is 10.1 Å². The zero-order chi connectivity index (χ0) is 9.68. The molecule has 0 radical (unpaired) electrons. The minimum Gasteiger partial charge on any atom is -0.311 e. The van der Waals surface area contributed by atoms with Gasteiger partial charge in [0.1, 0.15) is 0 Å². The van der Waals surface area contributed by atoms with Crippen molar-refractivity contribution in [3.63, 3.8) is 0 Å². The molecule has 0 aliphatic heterocycles. The predicted molar refractivity (Wildman–Crippen MR) is 48.3 cm³/mol. The third kappa shape index (κ3) is 2.79. The van der Waals surface area contributed by atoms with Gasteiger partial charge in [0.15, 0.2) is 0 Å². The molecule has 5 nitrogen and oxygen atoms in total. The molecular formula is C8H11N3O2. The molecule has 13 heavy (non-hydrogen) atoms. The summed E-state index contributed by atoms with van der Waals surface area (Å²) in [6.45, 7) is 3.36. The van der Waals surface area contributed by atoms with Gasteiger partial charge in [-0.2, -0.15) is 0 Å². The van der Waals surface area contributed by atoms with E-state index < -0.39 is 4.92 Å². The smallest absolute Gasteiger partial charge is 0.272 e. The van der Waals surface area contributed by atoms with E-state index in [-0.39, 0.29) is 5.69 Å². The van der Waals surface area contributed by atoms with Crippen LogP contribution in [0.3, 0.4) is 0 Å². The Hall–Kier alpha value is -1.49. The second-order valence-corrected chi connectivity index (χ2v) is 2.54. The Balaban J connectivity index is 2.73. The van der Waals surface area contributed by atoms with Gasteiger partial charge >= 0.3 is 0 Å². The van der Waals surface area contributed by atoms with Gasteiger partial charge in [-0.25, -0.2) is 0 Å². The van der Waals surface area contributed by atoms with E-state index in [1.807, 2.05) is 6.92 Å². The first-order valence-corrected chi connectivity index (χ1v) is 4.04. The molecule has 0 unspecified atom stereocenters. The van der Waals surface area contributed by atoms with Gasteiger partial charge in [0, 0.05) is 24.9 Å². The summed E-state index contributed by atoms with van der Waals surface area (Å²) >= 11 is 0. The summed E-state index contributed by atoms with van der Waals surface area (Å²) in [7, 11) is 0. The number of pyridine rings is 1. The average Bonchev–Trinajstić information content (AvgIpc) is 2.15. The van der Waals surface area contributed by atoms with Crippen LogP contribution in [0.5, 0.6) is 0 Å². The molecule has 0 saturated carbocycles. The van der Waals surface area contributed by atoms with Gasteiger partial charge in [-0.05, 0) is 6.54 Å². The van der Waals surface area contributed by atoms with Crippen molar-refractivity contribution in [2.24, 2.45) is 0 Å². The quantitative estimate of drug-likeness (QED) is 0.557. The van der Waals surface area contributed by atoms with Crippen molar-refractivity contribution in [1.82, 2.24) is 10.3 Å². The van der Waals surface area contributed by atoms with Gasteiger partial charge in [-0.3, -0.25) is 15.1 Å². The topological polar surface area (TPSA) is 68.1 Å². The summed E-state index contributed by atoms with van der Waals surface area (Å²) in [6, 6.07) is 2.86. The lowest BCUT2D eigenvalue weighted by atomic mass is 10.3. The minimum atomic E-state index is -0.420. The number of hydrogen-bond donors (Lipinski definition) is 1. The molecule has 0 bridgehead atoms. The number of nitrogens with zero attached hydrogens (tertiary/aromatic N) is 2. The van der Waals surface area contributed by atoms with E-state index in [1.54, 1.807) is 0 Å². The molecule has 70 valence electrons. The standard InChI is InChI=1S/C8H11N3O2/c1-2-9-6-7-5-8(11(12)13)3-4-10-7/h3-5,9H,2,6H2,1H3. The van der Waals surface area contributed by atoms with Crippen LogP contribution in [0.2, 0.25) is 0 Å². The van der Waals surface area contributed by atoms with Crippen LogP contribution in [0.25, 0.3) is 0 Å². The van der Waals surface area contributed by atoms with E-state index in [9.17, 15) is 10.1 Å². The molecule has 1 aromatic rings. The van der Waals surface area contributed by atoms with E-state index in [4.69, 9.17) is 0 Å². The first-order valence-electron chi connectivity index (χ1n) is 4.04. The van der Waals surface area contributed by atoms with E-state index in [0.29, 0.717) is 12.2 Å². The molecule has 0 aliphatic rings. The Morgan fingerprint density at radius 1 is 1.69 bits per heavy atom. The van der Waals surface area contributed by atoms with Crippen molar-refractivity contribution in [1.29, 1.82) is 0 Å². The zero-order valence-electron chi connectivity index (χ0n) is 7.36. The van der Waals surface area contributed by atoms with Gasteiger partial charge in [0.25, 0.3) is 5.69 Å². The van der Waals surface area contributed by atoms with Crippen molar-refractivity contribution < 1.29 is 4.92 Å². The summed E-state index contributed by atoms with van der Waals surface area (Å²) in [5, 5.41) is 13.4. The fraction of sp³-hybridized carbons (Fsp3) is 0.375.